The number of nitrogens with one attached hydrogen (secondary N) is 2. The van der Waals surface area contributed by atoms with Gasteiger partial charge in [-0.05, 0) is 30.7 Å². The smallest absolute Gasteiger partial charge is 0.225 e. The van der Waals surface area contributed by atoms with E-state index in [1.54, 1.807) is 23.5 Å². The first-order valence-corrected chi connectivity index (χ1v) is 8.73. The fourth-order valence-electron chi connectivity index (χ4n) is 2.99. The van der Waals surface area contributed by atoms with Crippen molar-refractivity contribution < 1.29 is 9.59 Å². The maximum Gasteiger partial charge on any atom is 0.225 e. The highest BCUT2D eigenvalue weighted by atomic mass is 16.2. The molecule has 0 aromatic carbocycles. The van der Waals surface area contributed by atoms with Crippen molar-refractivity contribution in [3.63, 3.8) is 0 Å². The van der Waals surface area contributed by atoms with Crippen molar-refractivity contribution in [2.75, 3.05) is 25.0 Å². The lowest BCUT2D eigenvalue weighted by atomic mass is 10.1. The summed E-state index contributed by atoms with van der Waals surface area (Å²) in [5, 5.41) is 6.18. The molecule has 0 spiro atoms. The van der Waals surface area contributed by atoms with E-state index in [0.717, 1.165) is 16.9 Å². The summed E-state index contributed by atoms with van der Waals surface area (Å²) in [7, 11) is 0. The van der Waals surface area contributed by atoms with Crippen molar-refractivity contribution in [2.24, 2.45) is 5.92 Å². The average Bonchev–Trinajstić information content (AvgIpc) is 3.01. The Balaban J connectivity index is 1.42. The Bertz CT molecular complexity index is 766. The van der Waals surface area contributed by atoms with Gasteiger partial charge < -0.3 is 15.5 Å². The van der Waals surface area contributed by atoms with Crippen LogP contribution in [0.25, 0.3) is 0 Å². The van der Waals surface area contributed by atoms with Crippen LogP contribution in [0.2, 0.25) is 0 Å². The number of aryl methyl sites for hydroxylation is 1. The number of nitrogens with zero attached hydrogens (tertiary/aromatic N) is 3. The molecule has 26 heavy (non-hydrogen) atoms. The van der Waals surface area contributed by atoms with Crippen LogP contribution in [0, 0.1) is 12.8 Å². The lowest BCUT2D eigenvalue weighted by Gasteiger charge is -2.16. The van der Waals surface area contributed by atoms with E-state index >= 15 is 0 Å². The molecule has 2 N–H and O–H groups in total. The van der Waals surface area contributed by atoms with Crippen molar-refractivity contribution in [2.45, 2.75) is 19.9 Å². The van der Waals surface area contributed by atoms with Crippen molar-refractivity contribution in [3.8, 4) is 0 Å². The van der Waals surface area contributed by atoms with Gasteiger partial charge in [0, 0.05) is 50.3 Å². The minimum Gasteiger partial charge on any atom is -0.383 e. The van der Waals surface area contributed by atoms with Gasteiger partial charge in [-0.25, -0.2) is 0 Å². The molecule has 7 nitrogen and oxygen atoms in total. The van der Waals surface area contributed by atoms with Crippen LogP contribution in [-0.2, 0) is 16.1 Å². The number of anilines is 1. The summed E-state index contributed by atoms with van der Waals surface area (Å²) in [6.45, 7) is 4.00. The van der Waals surface area contributed by atoms with Gasteiger partial charge in [-0.2, -0.15) is 0 Å². The van der Waals surface area contributed by atoms with Crippen LogP contribution in [0.4, 0.5) is 5.69 Å². The molecule has 1 saturated heterocycles. The molecule has 0 saturated carbocycles. The Kier molecular flexibility index (Phi) is 5.78. The molecule has 0 bridgehead atoms. The summed E-state index contributed by atoms with van der Waals surface area (Å²) < 4.78 is 0. The van der Waals surface area contributed by atoms with Gasteiger partial charge in [0.25, 0.3) is 0 Å². The van der Waals surface area contributed by atoms with E-state index in [0.29, 0.717) is 26.2 Å². The van der Waals surface area contributed by atoms with E-state index in [2.05, 4.69) is 20.6 Å². The van der Waals surface area contributed by atoms with E-state index in [9.17, 15) is 9.59 Å². The summed E-state index contributed by atoms with van der Waals surface area (Å²) in [5.41, 5.74) is 2.90. The third kappa shape index (κ3) is 4.56. The number of carbonyl (C=O) groups excluding carboxylic acids is 2. The second kappa shape index (κ2) is 8.42. The molecule has 1 atom stereocenters. The summed E-state index contributed by atoms with van der Waals surface area (Å²) in [5.74, 6) is -0.370. The lowest BCUT2D eigenvalue weighted by Crippen LogP contribution is -2.35. The predicted molar refractivity (Wildman–Crippen MR) is 98.2 cm³/mol. The van der Waals surface area contributed by atoms with Crippen LogP contribution < -0.4 is 10.6 Å². The third-order valence-electron chi connectivity index (χ3n) is 4.42. The highest BCUT2D eigenvalue weighted by Crippen LogP contribution is 2.19. The van der Waals surface area contributed by atoms with Gasteiger partial charge in [0.05, 0.1) is 18.2 Å². The number of hydrogen-bond donors (Lipinski definition) is 2. The Morgan fingerprint density at radius 3 is 2.92 bits per heavy atom. The molecular weight excluding hydrogens is 330 g/mol. The molecule has 136 valence electrons. The minimum absolute atomic E-state index is 0.00124. The summed E-state index contributed by atoms with van der Waals surface area (Å²) >= 11 is 0. The van der Waals surface area contributed by atoms with Crippen molar-refractivity contribution in [1.29, 1.82) is 0 Å². The van der Waals surface area contributed by atoms with Crippen LogP contribution in [-0.4, -0.2) is 46.3 Å². The standard InChI is InChI=1S/C19H23N5O2/c1-14-11-20-7-5-17(14)22-8-9-23-19(26)15-10-18(25)24(12-15)13-16-4-2-3-6-21-16/h2-7,11,15H,8-10,12-13H2,1H3,(H,20,22)(H,23,26). The Hall–Kier alpha value is -2.96. The topological polar surface area (TPSA) is 87.2 Å². The fourth-order valence-corrected chi connectivity index (χ4v) is 2.99. The predicted octanol–water partition coefficient (Wildman–Crippen LogP) is 1.36. The van der Waals surface area contributed by atoms with Gasteiger partial charge in [0.1, 0.15) is 0 Å². The zero-order valence-electron chi connectivity index (χ0n) is 14.8. The number of likely N-dealkylation sites (tertiary alicyclic amines) is 1. The van der Waals surface area contributed by atoms with Crippen LogP contribution >= 0.6 is 0 Å². The number of amides is 2. The first-order chi connectivity index (χ1) is 12.6. The maximum absolute atomic E-state index is 12.3. The summed E-state index contributed by atoms with van der Waals surface area (Å²) in [4.78, 5) is 34.5. The Morgan fingerprint density at radius 1 is 1.27 bits per heavy atom. The summed E-state index contributed by atoms with van der Waals surface area (Å²) in [6, 6.07) is 7.52. The van der Waals surface area contributed by atoms with Crippen LogP contribution in [0.3, 0.4) is 0 Å². The molecule has 3 rings (SSSR count). The quantitative estimate of drug-likeness (QED) is 0.734. The first-order valence-electron chi connectivity index (χ1n) is 8.73. The van der Waals surface area contributed by atoms with Crippen molar-refractivity contribution in [3.05, 3.63) is 54.1 Å². The molecular formula is C19H23N5O2. The van der Waals surface area contributed by atoms with Gasteiger partial charge in [0.15, 0.2) is 0 Å². The van der Waals surface area contributed by atoms with Gasteiger partial charge in [-0.1, -0.05) is 6.07 Å². The first kappa shape index (κ1) is 17.8. The summed E-state index contributed by atoms with van der Waals surface area (Å²) in [6.07, 6.45) is 5.49. The van der Waals surface area contributed by atoms with Crippen LogP contribution in [0.5, 0.6) is 0 Å². The zero-order chi connectivity index (χ0) is 18.4. The molecule has 7 heteroatoms. The van der Waals surface area contributed by atoms with E-state index in [4.69, 9.17) is 0 Å². The fraction of sp³-hybridized carbons (Fsp3) is 0.368. The van der Waals surface area contributed by atoms with E-state index < -0.39 is 0 Å². The monoisotopic (exact) mass is 353 g/mol. The van der Waals surface area contributed by atoms with E-state index in [1.165, 1.54) is 0 Å². The zero-order valence-corrected chi connectivity index (χ0v) is 14.8. The molecule has 2 aromatic heterocycles. The van der Waals surface area contributed by atoms with Crippen molar-refractivity contribution >= 4 is 17.5 Å². The number of rotatable bonds is 7. The molecule has 2 amide bonds. The van der Waals surface area contributed by atoms with E-state index in [1.807, 2.05) is 31.2 Å². The molecule has 3 heterocycles. The second-order valence-corrected chi connectivity index (χ2v) is 6.40. The average molecular weight is 353 g/mol. The Morgan fingerprint density at radius 2 is 2.15 bits per heavy atom. The molecule has 2 aromatic rings. The molecule has 1 unspecified atom stereocenters. The largest absolute Gasteiger partial charge is 0.383 e. The number of pyridine rings is 2. The molecule has 0 radical (unpaired) electrons. The number of carbonyl (C=O) groups is 2. The molecule has 0 aliphatic carbocycles. The minimum atomic E-state index is -0.297. The normalized spacial score (nSPS) is 16.6. The number of aromatic nitrogens is 2. The molecule has 1 aliphatic heterocycles. The lowest BCUT2D eigenvalue weighted by molar-refractivity contribution is -0.129. The van der Waals surface area contributed by atoms with Crippen LogP contribution in [0.15, 0.2) is 42.9 Å². The number of hydrogen-bond acceptors (Lipinski definition) is 5. The molecule has 1 aliphatic rings. The highest BCUT2D eigenvalue weighted by molar-refractivity contribution is 5.89. The SMILES string of the molecule is Cc1cnccc1NCCNC(=O)C1CC(=O)N(Cc2ccccn2)C1. The second-order valence-electron chi connectivity index (χ2n) is 6.40. The van der Waals surface area contributed by atoms with Crippen LogP contribution in [0.1, 0.15) is 17.7 Å². The highest BCUT2D eigenvalue weighted by Gasteiger charge is 2.34. The maximum atomic E-state index is 12.3. The Labute approximate surface area is 152 Å². The van der Waals surface area contributed by atoms with Gasteiger partial charge in [0.2, 0.25) is 11.8 Å². The van der Waals surface area contributed by atoms with Gasteiger partial charge >= 0.3 is 0 Å². The van der Waals surface area contributed by atoms with E-state index in [-0.39, 0.29) is 24.2 Å². The van der Waals surface area contributed by atoms with Crippen molar-refractivity contribution in [1.82, 2.24) is 20.2 Å². The van der Waals surface area contributed by atoms with Gasteiger partial charge in [-0.15, -0.1) is 0 Å². The molecule has 1 fully saturated rings. The van der Waals surface area contributed by atoms with Gasteiger partial charge in [-0.3, -0.25) is 19.6 Å². The third-order valence-corrected chi connectivity index (χ3v) is 4.42.